The van der Waals surface area contributed by atoms with Gasteiger partial charge in [0.1, 0.15) is 12.0 Å². The summed E-state index contributed by atoms with van der Waals surface area (Å²) in [7, 11) is 1.53. The molecule has 1 unspecified atom stereocenters. The predicted octanol–water partition coefficient (Wildman–Crippen LogP) is 3.72. The molecule has 200 valence electrons. The van der Waals surface area contributed by atoms with Gasteiger partial charge in [-0.05, 0) is 35.9 Å². The SMILES string of the molecule is COCCNC(=O)C1CN2N=CN=C(N)C2=C1c1ccc(NC(=O)Nc2cc(C(F)(F)F)ccc2Cl)cc1. The Balaban J connectivity index is 1.52. The number of methoxy groups -OCH3 is 1. The summed E-state index contributed by atoms with van der Waals surface area (Å²) in [5.74, 6) is -0.626. The molecule has 0 fully saturated rings. The van der Waals surface area contributed by atoms with Crippen molar-refractivity contribution in [1.29, 1.82) is 0 Å². The zero-order valence-corrected chi connectivity index (χ0v) is 20.7. The summed E-state index contributed by atoms with van der Waals surface area (Å²) in [5, 5.41) is 13.5. The molecule has 0 aromatic heterocycles. The molecule has 0 saturated carbocycles. The summed E-state index contributed by atoms with van der Waals surface area (Å²) >= 11 is 5.95. The molecule has 3 amide bonds. The van der Waals surface area contributed by atoms with E-state index in [-0.39, 0.29) is 29.0 Å². The number of amidine groups is 1. The number of carbonyl (C=O) groups is 2. The Bertz CT molecular complexity index is 1330. The Labute approximate surface area is 220 Å². The zero-order chi connectivity index (χ0) is 27.4. The molecule has 2 aromatic rings. The van der Waals surface area contributed by atoms with Crippen LogP contribution in [-0.2, 0) is 15.7 Å². The monoisotopic (exact) mass is 549 g/mol. The third kappa shape index (κ3) is 5.89. The molecular formula is C24H23ClF3N7O3. The molecule has 1 atom stereocenters. The first-order chi connectivity index (χ1) is 18.1. The minimum absolute atomic E-state index is 0.0491. The molecule has 0 radical (unpaired) electrons. The number of benzene rings is 2. The summed E-state index contributed by atoms with van der Waals surface area (Å²) in [6, 6.07) is 8.36. The van der Waals surface area contributed by atoms with Crippen LogP contribution in [0.1, 0.15) is 11.1 Å². The Morgan fingerprint density at radius 2 is 1.92 bits per heavy atom. The van der Waals surface area contributed by atoms with Crippen LogP contribution in [0.3, 0.4) is 0 Å². The van der Waals surface area contributed by atoms with Crippen LogP contribution in [-0.4, -0.2) is 55.9 Å². The highest BCUT2D eigenvalue weighted by molar-refractivity contribution is 6.33. The van der Waals surface area contributed by atoms with Crippen molar-refractivity contribution in [3.63, 3.8) is 0 Å². The van der Waals surface area contributed by atoms with Gasteiger partial charge in [-0.25, -0.2) is 9.79 Å². The van der Waals surface area contributed by atoms with Gasteiger partial charge in [0.05, 0.1) is 35.3 Å². The number of hydrogen-bond acceptors (Lipinski definition) is 7. The van der Waals surface area contributed by atoms with E-state index in [9.17, 15) is 22.8 Å². The predicted molar refractivity (Wildman–Crippen MR) is 138 cm³/mol. The van der Waals surface area contributed by atoms with Gasteiger partial charge in [-0.3, -0.25) is 9.80 Å². The number of amides is 3. The van der Waals surface area contributed by atoms with E-state index >= 15 is 0 Å². The maximum Gasteiger partial charge on any atom is 0.416 e. The molecule has 14 heteroatoms. The molecule has 2 heterocycles. The molecule has 5 N–H and O–H groups in total. The number of hydrazone groups is 1. The van der Waals surface area contributed by atoms with E-state index in [2.05, 4.69) is 26.0 Å². The summed E-state index contributed by atoms with van der Waals surface area (Å²) < 4.78 is 44.0. The Hall–Kier alpha value is -4.10. The first-order valence-corrected chi connectivity index (χ1v) is 11.7. The standard InChI is InChI=1S/C24H23ClF3N7O3/c1-38-9-8-30-22(36)16-11-35-20(21(29)31-12-32-35)19(16)13-2-5-15(6-3-13)33-23(37)34-18-10-14(24(26,27)28)4-7-17(18)25/h2-7,10,12,16H,8-9,11H2,1H3,(H,30,36)(H2,29,31,32)(H2,33,34,37). The lowest BCUT2D eigenvalue weighted by molar-refractivity contribution is -0.137. The smallest absolute Gasteiger partial charge is 0.383 e. The van der Waals surface area contributed by atoms with E-state index < -0.39 is 23.7 Å². The molecular weight excluding hydrogens is 527 g/mol. The van der Waals surface area contributed by atoms with Crippen molar-refractivity contribution in [2.75, 3.05) is 37.4 Å². The maximum atomic E-state index is 13.0. The maximum absolute atomic E-state index is 13.0. The van der Waals surface area contributed by atoms with Crippen LogP contribution >= 0.6 is 11.6 Å². The minimum atomic E-state index is -4.59. The minimum Gasteiger partial charge on any atom is -0.383 e. The number of nitrogens with one attached hydrogen (secondary N) is 3. The van der Waals surface area contributed by atoms with Gasteiger partial charge in [0.15, 0.2) is 5.84 Å². The summed E-state index contributed by atoms with van der Waals surface area (Å²) in [6.07, 6.45) is -3.28. The number of rotatable bonds is 7. The lowest BCUT2D eigenvalue weighted by atomic mass is 9.92. The average Bonchev–Trinajstić information content (AvgIpc) is 3.26. The first-order valence-electron chi connectivity index (χ1n) is 11.3. The zero-order valence-electron chi connectivity index (χ0n) is 20.0. The topological polar surface area (TPSA) is 133 Å². The number of hydrogen-bond donors (Lipinski definition) is 4. The molecule has 0 bridgehead atoms. The number of alkyl halides is 3. The van der Waals surface area contributed by atoms with Gasteiger partial charge in [-0.2, -0.15) is 18.3 Å². The van der Waals surface area contributed by atoms with Crippen LogP contribution in [0.2, 0.25) is 5.02 Å². The molecule has 0 saturated heterocycles. The lowest BCUT2D eigenvalue weighted by Crippen LogP contribution is -2.35. The number of nitrogens with zero attached hydrogens (tertiary/aromatic N) is 3. The summed E-state index contributed by atoms with van der Waals surface area (Å²) in [5.41, 5.74) is 7.10. The van der Waals surface area contributed by atoms with Crippen molar-refractivity contribution in [1.82, 2.24) is 10.3 Å². The van der Waals surface area contributed by atoms with E-state index in [1.165, 1.54) is 13.4 Å². The van der Waals surface area contributed by atoms with Crippen LogP contribution in [0.4, 0.5) is 29.3 Å². The van der Waals surface area contributed by atoms with Crippen molar-refractivity contribution in [3.8, 4) is 0 Å². The van der Waals surface area contributed by atoms with Crippen LogP contribution in [0, 0.1) is 5.92 Å². The van der Waals surface area contributed by atoms with Crippen LogP contribution in [0.5, 0.6) is 0 Å². The van der Waals surface area contributed by atoms with Gasteiger partial charge in [0, 0.05) is 24.9 Å². The number of halogens is 4. The van der Waals surface area contributed by atoms with Gasteiger partial charge in [0.25, 0.3) is 0 Å². The summed E-state index contributed by atoms with van der Waals surface area (Å²) in [6.45, 7) is 0.940. The highest BCUT2D eigenvalue weighted by atomic mass is 35.5. The second kappa shape index (κ2) is 11.1. The average molecular weight is 550 g/mol. The quantitative estimate of drug-likeness (QED) is 0.391. The van der Waals surface area contributed by atoms with Gasteiger partial charge < -0.3 is 26.4 Å². The highest BCUT2D eigenvalue weighted by Crippen LogP contribution is 2.38. The molecule has 2 aromatic carbocycles. The Morgan fingerprint density at radius 3 is 2.61 bits per heavy atom. The molecule has 2 aliphatic heterocycles. The Kier molecular flexibility index (Phi) is 7.88. The number of aliphatic imine (C=N–C) groups is 1. The number of fused-ring (bicyclic) bond motifs is 1. The largest absolute Gasteiger partial charge is 0.416 e. The molecule has 4 rings (SSSR count). The number of urea groups is 1. The van der Waals surface area contributed by atoms with Gasteiger partial charge in [0.2, 0.25) is 5.91 Å². The third-order valence-electron chi connectivity index (χ3n) is 5.77. The van der Waals surface area contributed by atoms with Crippen LogP contribution in [0.25, 0.3) is 5.57 Å². The van der Waals surface area contributed by atoms with E-state index in [4.69, 9.17) is 22.1 Å². The van der Waals surface area contributed by atoms with Gasteiger partial charge in [-0.1, -0.05) is 23.7 Å². The third-order valence-corrected chi connectivity index (χ3v) is 6.09. The van der Waals surface area contributed by atoms with Gasteiger partial charge in [-0.15, -0.1) is 0 Å². The normalized spacial score (nSPS) is 16.7. The fraction of sp³-hybridized carbons (Fsp3) is 0.250. The van der Waals surface area contributed by atoms with Crippen molar-refractivity contribution in [2.24, 2.45) is 21.7 Å². The first kappa shape index (κ1) is 26.9. The van der Waals surface area contributed by atoms with Crippen LogP contribution < -0.4 is 21.7 Å². The summed E-state index contributed by atoms with van der Waals surface area (Å²) in [4.78, 5) is 29.4. The molecule has 38 heavy (non-hydrogen) atoms. The van der Waals surface area contributed by atoms with Gasteiger partial charge >= 0.3 is 12.2 Å². The number of nitrogens with two attached hydrogens (primary N) is 1. The van der Waals surface area contributed by atoms with E-state index in [0.717, 1.165) is 18.2 Å². The van der Waals surface area contributed by atoms with Crippen molar-refractivity contribution >= 4 is 52.7 Å². The van der Waals surface area contributed by atoms with Crippen LogP contribution in [0.15, 0.2) is 58.3 Å². The number of ether oxygens (including phenoxy) is 1. The lowest BCUT2D eigenvalue weighted by Gasteiger charge is -2.18. The van der Waals surface area contributed by atoms with E-state index in [1.54, 1.807) is 29.3 Å². The fourth-order valence-electron chi connectivity index (χ4n) is 4.01. The number of anilines is 2. The number of carbonyl (C=O) groups excluding carboxylic acids is 2. The Morgan fingerprint density at radius 1 is 1.18 bits per heavy atom. The van der Waals surface area contributed by atoms with E-state index in [0.29, 0.717) is 35.7 Å². The van der Waals surface area contributed by atoms with Crippen molar-refractivity contribution in [3.05, 3.63) is 64.3 Å². The fourth-order valence-corrected chi connectivity index (χ4v) is 4.18. The van der Waals surface area contributed by atoms with E-state index in [1.807, 2.05) is 0 Å². The highest BCUT2D eigenvalue weighted by Gasteiger charge is 2.39. The molecule has 0 spiro atoms. The second-order valence-corrected chi connectivity index (χ2v) is 8.68. The van der Waals surface area contributed by atoms with Crippen molar-refractivity contribution in [2.45, 2.75) is 6.18 Å². The molecule has 2 aliphatic rings. The van der Waals surface area contributed by atoms with Crippen molar-refractivity contribution < 1.29 is 27.5 Å². The molecule has 0 aliphatic carbocycles. The molecule has 10 nitrogen and oxygen atoms in total. The second-order valence-electron chi connectivity index (χ2n) is 8.27.